The summed E-state index contributed by atoms with van der Waals surface area (Å²) in [5, 5.41) is 5.69. The topological polar surface area (TPSA) is 15.3 Å². The van der Waals surface area contributed by atoms with Gasteiger partial charge in [0.05, 0.1) is 0 Å². The molecule has 0 aliphatic heterocycles. The normalized spacial score (nSPS) is 15.1. The third-order valence-electron chi connectivity index (χ3n) is 3.79. The van der Waals surface area contributed by atoms with E-state index in [0.29, 0.717) is 12.1 Å². The first-order valence-electron chi connectivity index (χ1n) is 7.48. The van der Waals surface area contributed by atoms with Crippen LogP contribution in [-0.4, -0.2) is 31.1 Å². The first kappa shape index (κ1) is 16.7. The van der Waals surface area contributed by atoms with E-state index in [0.717, 1.165) is 19.0 Å². The van der Waals surface area contributed by atoms with Gasteiger partial charge >= 0.3 is 0 Å². The fourth-order valence-corrected chi connectivity index (χ4v) is 3.06. The highest BCUT2D eigenvalue weighted by Gasteiger charge is 2.17. The van der Waals surface area contributed by atoms with Crippen LogP contribution >= 0.6 is 11.3 Å². The number of nitrogens with zero attached hydrogens (tertiary/aromatic N) is 1. The molecule has 0 saturated carbocycles. The number of hydrogen-bond donors (Lipinski definition) is 1. The first-order valence-corrected chi connectivity index (χ1v) is 8.36. The quantitative estimate of drug-likeness (QED) is 0.684. The Hall–Kier alpha value is -0.380. The maximum Gasteiger partial charge on any atom is 0.0413 e. The fraction of sp³-hybridized carbons (Fsp3) is 0.750. The molecule has 1 N–H and O–H groups in total. The zero-order valence-corrected chi connectivity index (χ0v) is 14.0. The van der Waals surface area contributed by atoms with Gasteiger partial charge in [0.1, 0.15) is 0 Å². The van der Waals surface area contributed by atoms with Crippen LogP contribution in [0.4, 0.5) is 0 Å². The molecule has 1 aromatic rings. The van der Waals surface area contributed by atoms with Crippen molar-refractivity contribution in [1.29, 1.82) is 0 Å². The van der Waals surface area contributed by atoms with Gasteiger partial charge in [0.15, 0.2) is 0 Å². The molecule has 0 amide bonds. The van der Waals surface area contributed by atoms with Crippen LogP contribution in [0.3, 0.4) is 0 Å². The lowest BCUT2D eigenvalue weighted by molar-refractivity contribution is 0.188. The molecule has 1 heterocycles. The van der Waals surface area contributed by atoms with Gasteiger partial charge in [-0.3, -0.25) is 4.90 Å². The van der Waals surface area contributed by atoms with Gasteiger partial charge in [-0.2, -0.15) is 0 Å². The second-order valence-corrected chi connectivity index (χ2v) is 6.93. The van der Waals surface area contributed by atoms with Crippen LogP contribution < -0.4 is 5.32 Å². The van der Waals surface area contributed by atoms with Crippen LogP contribution in [0.25, 0.3) is 0 Å². The molecule has 0 radical (unpaired) electrons. The maximum atomic E-state index is 3.52. The summed E-state index contributed by atoms with van der Waals surface area (Å²) < 4.78 is 0. The third kappa shape index (κ3) is 6.07. The minimum atomic E-state index is 0.527. The summed E-state index contributed by atoms with van der Waals surface area (Å²) in [4.78, 5) is 3.96. The van der Waals surface area contributed by atoms with Crippen molar-refractivity contribution in [3.63, 3.8) is 0 Å². The maximum absolute atomic E-state index is 3.52. The second kappa shape index (κ2) is 8.72. The average molecular weight is 282 g/mol. The smallest absolute Gasteiger partial charge is 0.0413 e. The van der Waals surface area contributed by atoms with E-state index in [4.69, 9.17) is 0 Å². The lowest BCUT2D eigenvalue weighted by Gasteiger charge is -2.30. The molecule has 110 valence electrons. The molecule has 1 rings (SSSR count). The SMILES string of the molecule is CC(C)CNCCCC(C)N(C)C(C)c1cccs1. The molecule has 0 spiro atoms. The summed E-state index contributed by atoms with van der Waals surface area (Å²) in [6.45, 7) is 11.4. The molecule has 2 unspecified atom stereocenters. The van der Waals surface area contributed by atoms with E-state index in [1.165, 1.54) is 17.7 Å². The van der Waals surface area contributed by atoms with Crippen molar-refractivity contribution in [2.24, 2.45) is 5.92 Å². The lowest BCUT2D eigenvalue weighted by Crippen LogP contribution is -2.32. The van der Waals surface area contributed by atoms with Crippen molar-refractivity contribution in [2.75, 3.05) is 20.1 Å². The van der Waals surface area contributed by atoms with Crippen molar-refractivity contribution >= 4 is 11.3 Å². The lowest BCUT2D eigenvalue weighted by atomic mass is 10.1. The molecule has 2 nitrogen and oxygen atoms in total. The number of hydrogen-bond acceptors (Lipinski definition) is 3. The monoisotopic (exact) mass is 282 g/mol. The van der Waals surface area contributed by atoms with Crippen molar-refractivity contribution < 1.29 is 0 Å². The second-order valence-electron chi connectivity index (χ2n) is 5.95. The molecule has 0 aromatic carbocycles. The molecule has 0 aliphatic rings. The van der Waals surface area contributed by atoms with Crippen LogP contribution in [0.2, 0.25) is 0 Å². The molecule has 0 aliphatic carbocycles. The summed E-state index contributed by atoms with van der Waals surface area (Å²) in [5.74, 6) is 0.749. The summed E-state index contributed by atoms with van der Waals surface area (Å²) in [6, 6.07) is 5.55. The van der Waals surface area contributed by atoms with Gasteiger partial charge < -0.3 is 5.32 Å². The van der Waals surface area contributed by atoms with Crippen LogP contribution in [0, 0.1) is 5.92 Å². The molecule has 1 aromatic heterocycles. The van der Waals surface area contributed by atoms with Crippen molar-refractivity contribution in [3.05, 3.63) is 22.4 Å². The van der Waals surface area contributed by atoms with E-state index in [9.17, 15) is 0 Å². The van der Waals surface area contributed by atoms with Gasteiger partial charge in [0.2, 0.25) is 0 Å². The van der Waals surface area contributed by atoms with E-state index in [2.05, 4.69) is 62.5 Å². The van der Waals surface area contributed by atoms with Crippen molar-refractivity contribution in [2.45, 2.75) is 52.6 Å². The highest BCUT2D eigenvalue weighted by molar-refractivity contribution is 7.10. The molecule has 19 heavy (non-hydrogen) atoms. The predicted molar refractivity (Wildman–Crippen MR) is 86.9 cm³/mol. The Labute approximate surface area is 123 Å². The van der Waals surface area contributed by atoms with Crippen LogP contribution in [-0.2, 0) is 0 Å². The summed E-state index contributed by atoms with van der Waals surface area (Å²) in [6.07, 6.45) is 2.52. The van der Waals surface area contributed by atoms with E-state index in [1.54, 1.807) is 0 Å². The Balaban J connectivity index is 2.23. The van der Waals surface area contributed by atoms with Gasteiger partial charge in [-0.15, -0.1) is 11.3 Å². The van der Waals surface area contributed by atoms with Gasteiger partial charge in [-0.1, -0.05) is 19.9 Å². The van der Waals surface area contributed by atoms with Gasteiger partial charge in [-0.05, 0) is 64.2 Å². The molecule has 0 fully saturated rings. The van der Waals surface area contributed by atoms with E-state index in [1.807, 2.05) is 11.3 Å². The van der Waals surface area contributed by atoms with Gasteiger partial charge in [0, 0.05) is 17.0 Å². The first-order chi connectivity index (χ1) is 9.02. The van der Waals surface area contributed by atoms with Gasteiger partial charge in [-0.25, -0.2) is 0 Å². The molecule has 0 saturated heterocycles. The molecule has 3 heteroatoms. The highest BCUT2D eigenvalue weighted by Crippen LogP contribution is 2.25. The summed E-state index contributed by atoms with van der Waals surface area (Å²) >= 11 is 1.86. The van der Waals surface area contributed by atoms with Gasteiger partial charge in [0.25, 0.3) is 0 Å². The third-order valence-corrected chi connectivity index (χ3v) is 4.83. The Morgan fingerprint density at radius 3 is 2.58 bits per heavy atom. The zero-order valence-electron chi connectivity index (χ0n) is 13.1. The highest BCUT2D eigenvalue weighted by atomic mass is 32.1. The number of thiophene rings is 1. The fourth-order valence-electron chi connectivity index (χ4n) is 2.23. The standard InChI is InChI=1S/C16H30N2S/c1-13(2)12-17-10-6-8-14(3)18(5)15(4)16-9-7-11-19-16/h7,9,11,13-15,17H,6,8,10,12H2,1-5H3. The number of rotatable bonds is 9. The van der Waals surface area contributed by atoms with E-state index in [-0.39, 0.29) is 0 Å². The Kier molecular flexibility index (Phi) is 7.66. The van der Waals surface area contributed by atoms with Crippen LogP contribution in [0.5, 0.6) is 0 Å². The molecular weight excluding hydrogens is 252 g/mol. The van der Waals surface area contributed by atoms with Crippen molar-refractivity contribution in [1.82, 2.24) is 10.2 Å². The Bertz CT molecular complexity index is 321. The molecule has 2 atom stereocenters. The molecular formula is C16H30N2S. The minimum Gasteiger partial charge on any atom is -0.316 e. The predicted octanol–water partition coefficient (Wildman–Crippen LogP) is 4.16. The zero-order chi connectivity index (χ0) is 14.3. The Morgan fingerprint density at radius 2 is 2.00 bits per heavy atom. The Morgan fingerprint density at radius 1 is 1.26 bits per heavy atom. The van der Waals surface area contributed by atoms with E-state index >= 15 is 0 Å². The minimum absolute atomic E-state index is 0.527. The average Bonchev–Trinajstić information content (AvgIpc) is 2.89. The largest absolute Gasteiger partial charge is 0.316 e. The summed E-state index contributed by atoms with van der Waals surface area (Å²) in [7, 11) is 2.25. The van der Waals surface area contributed by atoms with E-state index < -0.39 is 0 Å². The van der Waals surface area contributed by atoms with Crippen LogP contribution in [0.1, 0.15) is 51.5 Å². The molecule has 0 bridgehead atoms. The number of nitrogens with one attached hydrogen (secondary N) is 1. The van der Waals surface area contributed by atoms with Crippen molar-refractivity contribution in [3.8, 4) is 0 Å². The summed E-state index contributed by atoms with van der Waals surface area (Å²) in [5.41, 5.74) is 0. The van der Waals surface area contributed by atoms with Crippen LogP contribution in [0.15, 0.2) is 17.5 Å².